The third kappa shape index (κ3) is 5.36. The lowest BCUT2D eigenvalue weighted by molar-refractivity contribution is 0.0810. The van der Waals surface area contributed by atoms with E-state index in [0.29, 0.717) is 29.8 Å². The Kier molecular flexibility index (Phi) is 6.66. The Balaban J connectivity index is 1.28. The molecule has 4 aromatic rings. The van der Waals surface area contributed by atoms with Gasteiger partial charge in [-0.15, -0.1) is 11.3 Å². The van der Waals surface area contributed by atoms with Crippen LogP contribution in [-0.2, 0) is 13.0 Å². The minimum absolute atomic E-state index is 0.184. The van der Waals surface area contributed by atoms with Crippen LogP contribution >= 0.6 is 23.1 Å². The topological polar surface area (TPSA) is 91.3 Å². The lowest BCUT2D eigenvalue weighted by Gasteiger charge is -2.18. The van der Waals surface area contributed by atoms with Crippen molar-refractivity contribution >= 4 is 40.6 Å². The van der Waals surface area contributed by atoms with E-state index < -0.39 is 5.60 Å². The Morgan fingerprint density at radius 1 is 1.03 bits per heavy atom. The average molecular weight is 516 g/mol. The molecule has 2 amide bonds. The molecule has 1 aliphatic rings. The van der Waals surface area contributed by atoms with Crippen LogP contribution in [0.15, 0.2) is 82.7 Å². The van der Waals surface area contributed by atoms with Crippen LogP contribution < -0.4 is 10.6 Å². The number of rotatable bonds is 6. The second kappa shape index (κ2) is 9.89. The van der Waals surface area contributed by atoms with Gasteiger partial charge in [0.25, 0.3) is 11.8 Å². The van der Waals surface area contributed by atoms with Crippen molar-refractivity contribution < 1.29 is 14.7 Å². The Morgan fingerprint density at radius 3 is 2.58 bits per heavy atom. The summed E-state index contributed by atoms with van der Waals surface area (Å²) in [6, 6.07) is 20.7. The monoisotopic (exact) mass is 515 g/mol. The first-order chi connectivity index (χ1) is 17.3. The highest BCUT2D eigenvalue weighted by Gasteiger charge is 2.21. The van der Waals surface area contributed by atoms with Crippen molar-refractivity contribution in [1.29, 1.82) is 0 Å². The number of nitrogens with one attached hydrogen (secondary N) is 2. The molecule has 0 bridgehead atoms. The summed E-state index contributed by atoms with van der Waals surface area (Å²) in [6.07, 6.45) is 2.29. The molecule has 0 radical (unpaired) electrons. The van der Waals surface area contributed by atoms with Crippen LogP contribution in [0.2, 0.25) is 0 Å². The van der Waals surface area contributed by atoms with Gasteiger partial charge in [0, 0.05) is 38.4 Å². The van der Waals surface area contributed by atoms with Crippen LogP contribution in [-0.4, -0.2) is 27.5 Å². The largest absolute Gasteiger partial charge is 0.390 e. The highest BCUT2D eigenvalue weighted by atomic mass is 32.2. The number of anilines is 1. The number of hydrogen-bond acceptors (Lipinski definition) is 6. The van der Waals surface area contributed by atoms with E-state index >= 15 is 0 Å². The van der Waals surface area contributed by atoms with Gasteiger partial charge in [-0.2, -0.15) is 0 Å². The van der Waals surface area contributed by atoms with Crippen molar-refractivity contribution in [2.45, 2.75) is 42.2 Å². The molecule has 2 heterocycles. The third-order valence-electron chi connectivity index (χ3n) is 5.69. The van der Waals surface area contributed by atoms with Gasteiger partial charge in [0.1, 0.15) is 5.01 Å². The first-order valence-electron chi connectivity index (χ1n) is 11.5. The van der Waals surface area contributed by atoms with E-state index in [2.05, 4.69) is 15.6 Å². The van der Waals surface area contributed by atoms with Gasteiger partial charge in [-0.05, 0) is 49.7 Å². The second-order valence-corrected chi connectivity index (χ2v) is 11.4. The lowest BCUT2D eigenvalue weighted by Crippen LogP contribution is -2.22. The van der Waals surface area contributed by atoms with Gasteiger partial charge in [0.05, 0.1) is 23.4 Å². The Morgan fingerprint density at radius 2 is 1.78 bits per heavy atom. The fourth-order valence-corrected chi connectivity index (χ4v) is 5.96. The number of aromatic nitrogens is 1. The molecule has 0 fully saturated rings. The summed E-state index contributed by atoms with van der Waals surface area (Å²) in [4.78, 5) is 32.8. The molecule has 3 aromatic carbocycles. The predicted octanol–water partition coefficient (Wildman–Crippen LogP) is 5.77. The molecule has 0 atom stereocenters. The van der Waals surface area contributed by atoms with Gasteiger partial charge < -0.3 is 15.7 Å². The van der Waals surface area contributed by atoms with Gasteiger partial charge in [0.2, 0.25) is 0 Å². The van der Waals surface area contributed by atoms with Crippen molar-refractivity contribution in [2.75, 3.05) is 5.32 Å². The van der Waals surface area contributed by atoms with Gasteiger partial charge in [-0.3, -0.25) is 9.59 Å². The van der Waals surface area contributed by atoms with Crippen LogP contribution in [0.5, 0.6) is 0 Å². The zero-order valence-corrected chi connectivity index (χ0v) is 21.5. The van der Waals surface area contributed by atoms with Crippen molar-refractivity contribution in [3.8, 4) is 10.6 Å². The molecule has 0 aliphatic carbocycles. The van der Waals surface area contributed by atoms with Crippen molar-refractivity contribution in [2.24, 2.45) is 0 Å². The SMILES string of the molecule is CC(C)(O)Cc1ccccc1-c1ncc(CNC(=O)c2ccc3c(c2)NC(=O)c2ccccc2S3)s1. The molecule has 0 spiro atoms. The fraction of sp³-hybridized carbons (Fsp3) is 0.179. The van der Waals surface area contributed by atoms with Crippen LogP contribution in [0.3, 0.4) is 0 Å². The van der Waals surface area contributed by atoms with Crippen LogP contribution in [0.1, 0.15) is 45.0 Å². The highest BCUT2D eigenvalue weighted by Crippen LogP contribution is 2.39. The zero-order chi connectivity index (χ0) is 25.3. The summed E-state index contributed by atoms with van der Waals surface area (Å²) in [6.45, 7) is 3.92. The second-order valence-electron chi connectivity index (χ2n) is 9.22. The number of carbonyl (C=O) groups is 2. The molecule has 5 rings (SSSR count). The van der Waals surface area contributed by atoms with Gasteiger partial charge in [-0.1, -0.05) is 48.2 Å². The molecule has 0 saturated carbocycles. The molecule has 8 heteroatoms. The molecule has 182 valence electrons. The molecule has 36 heavy (non-hydrogen) atoms. The average Bonchev–Trinajstić information content (AvgIpc) is 3.26. The standard InChI is InChI=1S/C28H25N3O3S2/c1-28(2,34)14-18-7-3-4-8-20(18)27-30-16-19(35-27)15-29-25(32)17-11-12-24-22(13-17)31-26(33)21-9-5-6-10-23(21)36-24/h3-13,16,34H,14-15H2,1-2H3,(H,29,32)(H,31,33). The molecule has 1 aliphatic heterocycles. The number of aliphatic hydroxyl groups is 1. The van der Waals surface area contributed by atoms with E-state index in [4.69, 9.17) is 0 Å². The maximum Gasteiger partial charge on any atom is 0.256 e. The highest BCUT2D eigenvalue weighted by molar-refractivity contribution is 7.99. The predicted molar refractivity (Wildman–Crippen MR) is 144 cm³/mol. The summed E-state index contributed by atoms with van der Waals surface area (Å²) in [5, 5.41) is 17.0. The van der Waals surface area contributed by atoms with Crippen molar-refractivity contribution in [3.05, 3.63) is 94.5 Å². The summed E-state index contributed by atoms with van der Waals surface area (Å²) >= 11 is 3.02. The van der Waals surface area contributed by atoms with E-state index in [1.165, 1.54) is 23.1 Å². The van der Waals surface area contributed by atoms with Crippen LogP contribution in [0.4, 0.5) is 5.69 Å². The number of thiazole rings is 1. The zero-order valence-electron chi connectivity index (χ0n) is 19.9. The number of carbonyl (C=O) groups excluding carboxylic acids is 2. The lowest BCUT2D eigenvalue weighted by atomic mass is 9.95. The number of hydrogen-bond donors (Lipinski definition) is 3. The number of amides is 2. The molecule has 1 aromatic heterocycles. The van der Waals surface area contributed by atoms with E-state index in [9.17, 15) is 14.7 Å². The maximum absolute atomic E-state index is 12.9. The summed E-state index contributed by atoms with van der Waals surface area (Å²) in [7, 11) is 0. The van der Waals surface area contributed by atoms with Crippen molar-refractivity contribution in [1.82, 2.24) is 10.3 Å². The Labute approximate surface area is 217 Å². The van der Waals surface area contributed by atoms with Gasteiger partial charge >= 0.3 is 0 Å². The molecule has 0 unspecified atom stereocenters. The normalized spacial score (nSPS) is 12.8. The molecular weight excluding hydrogens is 490 g/mol. The molecular formula is C28H25N3O3S2. The Bertz CT molecular complexity index is 1460. The van der Waals surface area contributed by atoms with E-state index in [1.807, 2.05) is 48.5 Å². The third-order valence-corrected chi connectivity index (χ3v) is 7.87. The first kappa shape index (κ1) is 24.2. The van der Waals surface area contributed by atoms with Gasteiger partial charge in [0.15, 0.2) is 0 Å². The molecule has 0 saturated heterocycles. The van der Waals surface area contributed by atoms with Crippen LogP contribution in [0.25, 0.3) is 10.6 Å². The smallest absolute Gasteiger partial charge is 0.256 e. The van der Waals surface area contributed by atoms with E-state index in [0.717, 1.165) is 30.8 Å². The number of fused-ring (bicyclic) bond motifs is 2. The summed E-state index contributed by atoms with van der Waals surface area (Å²) in [5.41, 5.74) is 2.91. The number of nitrogens with zero attached hydrogens (tertiary/aromatic N) is 1. The maximum atomic E-state index is 12.9. The van der Waals surface area contributed by atoms with Gasteiger partial charge in [-0.25, -0.2) is 4.98 Å². The molecule has 6 nitrogen and oxygen atoms in total. The van der Waals surface area contributed by atoms with E-state index in [1.54, 1.807) is 38.2 Å². The minimum Gasteiger partial charge on any atom is -0.390 e. The van der Waals surface area contributed by atoms with E-state index in [-0.39, 0.29) is 11.8 Å². The van der Waals surface area contributed by atoms with Crippen molar-refractivity contribution in [3.63, 3.8) is 0 Å². The first-order valence-corrected chi connectivity index (χ1v) is 13.2. The Hall–Kier alpha value is -3.46. The summed E-state index contributed by atoms with van der Waals surface area (Å²) < 4.78 is 0. The molecule has 3 N–H and O–H groups in total. The van der Waals surface area contributed by atoms with Crippen LogP contribution in [0, 0.1) is 0 Å². The summed E-state index contributed by atoms with van der Waals surface area (Å²) in [5.74, 6) is -0.410. The quantitative estimate of drug-likeness (QED) is 0.303. The fourth-order valence-electron chi connectivity index (χ4n) is 4.04. The minimum atomic E-state index is -0.821. The number of benzene rings is 3.